The number of esters is 2. The van der Waals surface area contributed by atoms with Crippen molar-refractivity contribution in [3.05, 3.63) is 95.7 Å². The predicted molar refractivity (Wildman–Crippen MR) is 271 cm³/mol. The number of anilines is 1. The zero-order chi connectivity index (χ0) is 52.2. The van der Waals surface area contributed by atoms with Gasteiger partial charge in [-0.1, -0.05) is 132 Å². The van der Waals surface area contributed by atoms with Gasteiger partial charge in [0, 0.05) is 19.0 Å². The maximum Gasteiger partial charge on any atom is 0.481 e. The zero-order valence-corrected chi connectivity index (χ0v) is 43.4. The number of nitrogen functional groups attached to an aromatic ring is 1. The fourth-order valence-corrected chi connectivity index (χ4v) is 8.99. The number of hydrogen-bond donors (Lipinski definition) is 6. The fraction of sp³-hybridized carbons (Fsp3) is 0.640. The summed E-state index contributed by atoms with van der Waals surface area (Å²) in [4.78, 5) is 61.8. The number of rotatable bonds is 40. The number of hydrogen-bond acceptors (Lipinski definition) is 16. The summed E-state index contributed by atoms with van der Waals surface area (Å²) in [6.45, 7) is 1.89. The first-order chi connectivity index (χ1) is 34.1. The Hall–Kier alpha value is -3.84. The van der Waals surface area contributed by atoms with E-state index in [2.05, 4.69) is 53.5 Å². The number of unbranched alkanes of at least 4 members (excludes halogenated alkanes) is 10. The third kappa shape index (κ3) is 30.7. The van der Waals surface area contributed by atoms with Crippen LogP contribution in [0, 0.1) is 0 Å². The molecule has 1 fully saturated rings. The van der Waals surface area contributed by atoms with E-state index in [4.69, 9.17) is 29.0 Å². The summed E-state index contributed by atoms with van der Waals surface area (Å²) < 4.78 is 56.6. The lowest BCUT2D eigenvalue weighted by atomic mass is 10.1. The van der Waals surface area contributed by atoms with Crippen molar-refractivity contribution >= 4 is 33.4 Å². The van der Waals surface area contributed by atoms with Crippen LogP contribution < -0.4 is 11.4 Å². The first kappa shape index (κ1) is 63.3. The van der Waals surface area contributed by atoms with E-state index < -0.39 is 83.7 Å². The monoisotopic (exact) mass is 1040 g/mol. The van der Waals surface area contributed by atoms with Crippen LogP contribution in [-0.2, 0) is 46.3 Å². The van der Waals surface area contributed by atoms with Gasteiger partial charge in [0.15, 0.2) is 12.3 Å². The molecule has 0 saturated carbocycles. The highest BCUT2D eigenvalue weighted by Gasteiger charge is 2.46. The first-order valence-corrected chi connectivity index (χ1v) is 28.0. The summed E-state index contributed by atoms with van der Waals surface area (Å²) in [6, 6.07) is 1.24. The molecule has 0 spiro atoms. The molecule has 8 atom stereocenters. The Morgan fingerprint density at radius 3 is 1.92 bits per heavy atom. The molecule has 2 rings (SSSR count). The van der Waals surface area contributed by atoms with Crippen LogP contribution in [0.4, 0.5) is 5.82 Å². The number of nitrogens with two attached hydrogens (primary N) is 1. The topological polar surface area (TPSA) is 286 Å². The number of ether oxygens (including phenoxy) is 3. The molecular formula is C50H81N3O16P2. The summed E-state index contributed by atoms with van der Waals surface area (Å²) in [5.74, 6) is -1.41. The number of aliphatic hydroxyl groups is 3. The molecule has 1 aliphatic heterocycles. The highest BCUT2D eigenvalue weighted by molar-refractivity contribution is 7.61. The van der Waals surface area contributed by atoms with E-state index in [-0.39, 0.29) is 24.8 Å². The number of carbonyl (C=O) groups is 2. The van der Waals surface area contributed by atoms with Crippen LogP contribution >= 0.6 is 15.6 Å². The summed E-state index contributed by atoms with van der Waals surface area (Å²) in [5, 5.41) is 30.7. The number of aliphatic hydroxyl groups excluding tert-OH is 3. The predicted octanol–water partition coefficient (Wildman–Crippen LogP) is 9.08. The minimum Gasteiger partial charge on any atom is -0.462 e. The number of phosphoric acid groups is 2. The van der Waals surface area contributed by atoms with E-state index >= 15 is 0 Å². The Bertz CT molecular complexity index is 1990. The largest absolute Gasteiger partial charge is 0.481 e. The lowest BCUT2D eigenvalue weighted by molar-refractivity contribution is -0.161. The smallest absolute Gasteiger partial charge is 0.462 e. The molecule has 0 aromatic carbocycles. The van der Waals surface area contributed by atoms with Crippen LogP contribution in [0.3, 0.4) is 0 Å². The Kier molecular flexibility index (Phi) is 33.7. The molecule has 2 heterocycles. The van der Waals surface area contributed by atoms with Gasteiger partial charge in [0.1, 0.15) is 30.7 Å². The van der Waals surface area contributed by atoms with E-state index in [0.717, 1.165) is 94.2 Å². The van der Waals surface area contributed by atoms with Gasteiger partial charge in [-0.2, -0.15) is 9.29 Å². The maximum atomic E-state index is 12.8. The maximum absolute atomic E-state index is 12.8. The van der Waals surface area contributed by atoms with E-state index in [0.29, 0.717) is 19.3 Å². The van der Waals surface area contributed by atoms with Gasteiger partial charge in [0.2, 0.25) is 0 Å². The van der Waals surface area contributed by atoms with Gasteiger partial charge < -0.3 is 45.1 Å². The fourth-order valence-electron chi connectivity index (χ4n) is 6.88. The highest BCUT2D eigenvalue weighted by Crippen LogP contribution is 2.60. The van der Waals surface area contributed by atoms with Crippen LogP contribution in [0.1, 0.15) is 155 Å². The summed E-state index contributed by atoms with van der Waals surface area (Å²) in [6.07, 6.45) is 34.7. The number of nitrogens with zero attached hydrogens (tertiary/aromatic N) is 2. The van der Waals surface area contributed by atoms with Crippen molar-refractivity contribution < 1.29 is 71.4 Å². The third-order valence-corrected chi connectivity index (χ3v) is 13.4. The number of phosphoric ester groups is 2. The number of allylic oxidation sites excluding steroid dienone is 11. The van der Waals surface area contributed by atoms with Crippen LogP contribution in [0.2, 0.25) is 0 Å². The van der Waals surface area contributed by atoms with E-state index in [9.17, 15) is 48.6 Å². The molecule has 21 heteroatoms. The number of carbonyl (C=O) groups excluding carboxylic acids is 2. The standard InChI is InChI=1S/C50H81N3O16P2/c1-3-5-7-8-9-10-11-12-13-14-19-22-25-28-31-35-46(56)67-42(38-64-45(55)34-30-27-24-21-18-16-15-17-20-23-26-29-33-41(54)32-6-4-2)39-65-70(60,61)69-71(62,63)66-40-43-47(57)48(58)49(68-43)53-37-36-44(51)52-50(53)59/h9-10,12-13,15-16,20-21,23-24,29,33,36-37,41-43,47-49,54,57-58H,3-8,11,14,17-19,22,25-28,30-32,34-35,38-40H2,1-2H3,(H,60,61)(H,62,63)(H2,51,52,59)/b10-9-,13-12-,16-15-,23-20-,24-21-,33-29-/t41-,42+,43+,47+,48+,49+/m0/s1. The van der Waals surface area contributed by atoms with Crippen molar-refractivity contribution in [1.82, 2.24) is 9.55 Å². The molecule has 0 amide bonds. The summed E-state index contributed by atoms with van der Waals surface area (Å²) >= 11 is 0. The van der Waals surface area contributed by atoms with Crippen LogP contribution in [0.15, 0.2) is 90.0 Å². The highest BCUT2D eigenvalue weighted by atomic mass is 31.3. The van der Waals surface area contributed by atoms with Crippen molar-refractivity contribution in [1.29, 1.82) is 0 Å². The Morgan fingerprint density at radius 2 is 1.28 bits per heavy atom. The lowest BCUT2D eigenvalue weighted by Crippen LogP contribution is -2.36. The minimum absolute atomic E-state index is 0.0108. The van der Waals surface area contributed by atoms with Crippen molar-refractivity contribution in [3.8, 4) is 0 Å². The van der Waals surface area contributed by atoms with Gasteiger partial charge in [-0.05, 0) is 83.1 Å². The van der Waals surface area contributed by atoms with Gasteiger partial charge in [-0.25, -0.2) is 13.9 Å². The van der Waals surface area contributed by atoms with Gasteiger partial charge in [-0.3, -0.25) is 23.2 Å². The molecule has 0 radical (unpaired) electrons. The average molecular weight is 1040 g/mol. The molecule has 1 aromatic rings. The molecule has 71 heavy (non-hydrogen) atoms. The Labute approximate surface area is 419 Å². The van der Waals surface area contributed by atoms with Gasteiger partial charge >= 0.3 is 33.3 Å². The van der Waals surface area contributed by atoms with E-state index in [1.54, 1.807) is 0 Å². The van der Waals surface area contributed by atoms with Gasteiger partial charge in [0.25, 0.3) is 0 Å². The van der Waals surface area contributed by atoms with E-state index in [1.807, 2.05) is 42.5 Å². The quantitative estimate of drug-likeness (QED) is 0.0155. The normalized spacial score (nSPS) is 20.2. The molecule has 0 bridgehead atoms. The second kappa shape index (κ2) is 37.8. The minimum atomic E-state index is -5.45. The second-order valence-corrected chi connectivity index (χ2v) is 20.2. The van der Waals surface area contributed by atoms with Crippen LogP contribution in [-0.4, -0.2) is 96.9 Å². The molecular weight excluding hydrogens is 961 g/mol. The molecule has 2 unspecified atom stereocenters. The zero-order valence-electron chi connectivity index (χ0n) is 41.6. The third-order valence-electron chi connectivity index (χ3n) is 10.8. The van der Waals surface area contributed by atoms with Crippen molar-refractivity contribution in [3.63, 3.8) is 0 Å². The molecule has 7 N–H and O–H groups in total. The average Bonchev–Trinajstić information content (AvgIpc) is 3.60. The Balaban J connectivity index is 1.85. The summed E-state index contributed by atoms with van der Waals surface area (Å²) in [7, 11) is -10.9. The molecule has 1 saturated heterocycles. The molecule has 0 aliphatic carbocycles. The SMILES string of the molecule is CCCCC/C=C\C/C=C\CCCCCCCC(=O)O[C@H](COC(=O)CCC/C=C\C/C=C\C/C=C\C/C=C\[C@@H](O)CCCC)COP(=O)(O)OP(=O)(O)OC[C@H]1O[C@@H](n2ccc(N)nc2=O)[C@H](O)[C@@H]1O. The molecule has 402 valence electrons. The van der Waals surface area contributed by atoms with Crippen LogP contribution in [0.25, 0.3) is 0 Å². The van der Waals surface area contributed by atoms with Crippen molar-refractivity contribution in [2.45, 2.75) is 185 Å². The van der Waals surface area contributed by atoms with Gasteiger partial charge in [0.05, 0.1) is 19.3 Å². The first-order valence-electron chi connectivity index (χ1n) is 25.0. The Morgan fingerprint density at radius 1 is 0.732 bits per heavy atom. The van der Waals surface area contributed by atoms with Crippen LogP contribution in [0.5, 0.6) is 0 Å². The summed E-state index contributed by atoms with van der Waals surface area (Å²) in [5.41, 5.74) is 4.57. The molecule has 1 aliphatic rings. The number of aromatic nitrogens is 2. The second-order valence-electron chi connectivity index (χ2n) is 17.1. The molecule has 19 nitrogen and oxygen atoms in total. The van der Waals surface area contributed by atoms with Crippen molar-refractivity contribution in [2.24, 2.45) is 0 Å². The van der Waals surface area contributed by atoms with Crippen molar-refractivity contribution in [2.75, 3.05) is 25.6 Å². The lowest BCUT2D eigenvalue weighted by Gasteiger charge is -2.21. The van der Waals surface area contributed by atoms with Gasteiger partial charge in [-0.15, -0.1) is 0 Å². The van der Waals surface area contributed by atoms with E-state index in [1.165, 1.54) is 25.3 Å². The molecule has 1 aromatic heterocycles.